The number of carboxylic acid groups (broad SMARTS) is 1. The molecule has 33 heavy (non-hydrogen) atoms. The molecular weight excluding hydrogens is 408 g/mol. The minimum absolute atomic E-state index is 0.174. The number of hydrogen-bond donors (Lipinski definition) is 2. The molecule has 0 amide bonds. The number of rotatable bonds is 8. The van der Waals surface area contributed by atoms with Crippen LogP contribution in [0, 0.1) is 45.3 Å². The van der Waals surface area contributed by atoms with Crippen LogP contribution in [0.4, 0.5) is 0 Å². The minimum atomic E-state index is -0.648. The molecule has 4 aliphatic rings. The Hall–Kier alpha value is -1.09. The molecular formula is C30H48O3. The van der Waals surface area contributed by atoms with E-state index in [2.05, 4.69) is 48.1 Å². The first-order valence-electron chi connectivity index (χ1n) is 13.5. The Morgan fingerprint density at radius 2 is 1.79 bits per heavy atom. The standard InChI is InChI=1S/C30H48O3/c1-19(2)16-22(31)17-21(5)24-10-12-28(7)25-9-8-23(20(3)4)29(13-11-26(32)33)18-30(25,29)15-14-27(24,28)6/h16,21-25,31H,3,8-15,17-18H2,1-2,4-7H3,(H,32,33). The fourth-order valence-electron chi connectivity index (χ4n) is 10.3. The fourth-order valence-corrected chi connectivity index (χ4v) is 10.3. The second kappa shape index (κ2) is 8.25. The highest BCUT2D eigenvalue weighted by molar-refractivity contribution is 5.67. The third kappa shape index (κ3) is 3.58. The molecule has 0 aromatic rings. The lowest BCUT2D eigenvalue weighted by Gasteiger charge is -2.61. The molecule has 186 valence electrons. The smallest absolute Gasteiger partial charge is 0.303 e. The van der Waals surface area contributed by atoms with Crippen molar-refractivity contribution in [2.75, 3.05) is 0 Å². The number of aliphatic carboxylic acids is 1. The van der Waals surface area contributed by atoms with Crippen LogP contribution in [0.25, 0.3) is 0 Å². The summed E-state index contributed by atoms with van der Waals surface area (Å²) in [6, 6.07) is 0. The number of carboxylic acids is 1. The van der Waals surface area contributed by atoms with Crippen LogP contribution in [0.2, 0.25) is 0 Å². The third-order valence-electron chi connectivity index (χ3n) is 11.7. The van der Waals surface area contributed by atoms with E-state index in [9.17, 15) is 15.0 Å². The second-order valence-electron chi connectivity index (χ2n) is 13.4. The van der Waals surface area contributed by atoms with E-state index in [0.29, 0.717) is 46.3 Å². The molecule has 0 aliphatic heterocycles. The van der Waals surface area contributed by atoms with E-state index in [1.165, 1.54) is 56.1 Å². The van der Waals surface area contributed by atoms with Gasteiger partial charge in [-0.15, -0.1) is 0 Å². The minimum Gasteiger partial charge on any atom is -0.481 e. The monoisotopic (exact) mass is 456 g/mol. The maximum absolute atomic E-state index is 11.6. The number of allylic oxidation sites excluding steroid dienone is 2. The molecule has 2 N–H and O–H groups in total. The van der Waals surface area contributed by atoms with Gasteiger partial charge in [-0.1, -0.05) is 44.6 Å². The highest BCUT2D eigenvalue weighted by Crippen LogP contribution is 2.87. The predicted molar refractivity (Wildman–Crippen MR) is 135 cm³/mol. The molecule has 4 saturated carbocycles. The first kappa shape index (κ1) is 25.0. The summed E-state index contributed by atoms with van der Waals surface area (Å²) >= 11 is 0. The Bertz CT molecular complexity index is 839. The van der Waals surface area contributed by atoms with Crippen molar-refractivity contribution in [3.8, 4) is 0 Å². The lowest BCUT2D eigenvalue weighted by molar-refractivity contribution is -0.139. The van der Waals surface area contributed by atoms with E-state index in [-0.39, 0.29) is 11.5 Å². The summed E-state index contributed by atoms with van der Waals surface area (Å²) in [5.41, 5.74) is 3.60. The number of hydrogen-bond acceptors (Lipinski definition) is 2. The van der Waals surface area contributed by atoms with Crippen molar-refractivity contribution in [3.05, 3.63) is 23.8 Å². The Balaban J connectivity index is 1.61. The van der Waals surface area contributed by atoms with Crippen LogP contribution in [-0.4, -0.2) is 22.3 Å². The fraction of sp³-hybridized carbons (Fsp3) is 0.833. The van der Waals surface area contributed by atoms with Crippen molar-refractivity contribution < 1.29 is 15.0 Å². The molecule has 0 bridgehead atoms. The van der Waals surface area contributed by atoms with Gasteiger partial charge < -0.3 is 10.2 Å². The van der Waals surface area contributed by atoms with Crippen LogP contribution in [-0.2, 0) is 4.79 Å². The maximum atomic E-state index is 11.6. The molecule has 3 nitrogen and oxygen atoms in total. The van der Waals surface area contributed by atoms with Gasteiger partial charge in [-0.2, -0.15) is 0 Å². The molecule has 3 heteroatoms. The number of fused-ring (bicyclic) bond motifs is 2. The molecule has 9 unspecified atom stereocenters. The molecule has 4 aliphatic carbocycles. The van der Waals surface area contributed by atoms with Crippen molar-refractivity contribution in [2.45, 2.75) is 112 Å². The molecule has 0 radical (unpaired) electrons. The molecule has 0 aromatic heterocycles. The highest BCUT2D eigenvalue weighted by Gasteiger charge is 2.80. The van der Waals surface area contributed by atoms with Crippen molar-refractivity contribution in [1.29, 1.82) is 0 Å². The normalized spacial score (nSPS) is 45.2. The van der Waals surface area contributed by atoms with Crippen LogP contribution in [0.3, 0.4) is 0 Å². The average molecular weight is 457 g/mol. The van der Waals surface area contributed by atoms with Crippen LogP contribution >= 0.6 is 0 Å². The highest BCUT2D eigenvalue weighted by atomic mass is 16.4. The van der Waals surface area contributed by atoms with Gasteiger partial charge in [-0.05, 0) is 124 Å². The van der Waals surface area contributed by atoms with Crippen LogP contribution < -0.4 is 0 Å². The van der Waals surface area contributed by atoms with E-state index >= 15 is 0 Å². The third-order valence-corrected chi connectivity index (χ3v) is 11.7. The van der Waals surface area contributed by atoms with Gasteiger partial charge in [0, 0.05) is 6.42 Å². The zero-order chi connectivity index (χ0) is 24.4. The second-order valence-corrected chi connectivity index (χ2v) is 13.4. The first-order valence-corrected chi connectivity index (χ1v) is 13.5. The maximum Gasteiger partial charge on any atom is 0.303 e. The largest absolute Gasteiger partial charge is 0.481 e. The van der Waals surface area contributed by atoms with Crippen molar-refractivity contribution in [2.24, 2.45) is 45.3 Å². The summed E-state index contributed by atoms with van der Waals surface area (Å²) in [6.07, 6.45) is 12.4. The van der Waals surface area contributed by atoms with Crippen LogP contribution in [0.5, 0.6) is 0 Å². The van der Waals surface area contributed by atoms with Gasteiger partial charge in [0.25, 0.3) is 0 Å². The van der Waals surface area contributed by atoms with Gasteiger partial charge in [-0.25, -0.2) is 0 Å². The van der Waals surface area contributed by atoms with Gasteiger partial charge in [0.1, 0.15) is 0 Å². The lowest BCUT2D eigenvalue weighted by atomic mass is 9.43. The number of aliphatic hydroxyl groups excluding tert-OH is 1. The molecule has 4 rings (SSSR count). The molecule has 9 atom stereocenters. The summed E-state index contributed by atoms with van der Waals surface area (Å²) in [5, 5.41) is 20.1. The van der Waals surface area contributed by atoms with E-state index in [1.54, 1.807) is 0 Å². The summed E-state index contributed by atoms with van der Waals surface area (Å²) < 4.78 is 0. The Labute approximate surface area is 202 Å². The molecule has 0 saturated heterocycles. The van der Waals surface area contributed by atoms with E-state index in [0.717, 1.165) is 12.8 Å². The lowest BCUT2D eigenvalue weighted by Crippen LogP contribution is -2.54. The zero-order valence-electron chi connectivity index (χ0n) is 22.0. The van der Waals surface area contributed by atoms with Crippen LogP contribution in [0.15, 0.2) is 23.8 Å². The SMILES string of the molecule is C=C(C)C1CCC2C3(C)CCC(C(C)CC(O)C=C(C)C)C3(C)CCC23CC13CCC(=O)O. The molecule has 1 spiro atoms. The summed E-state index contributed by atoms with van der Waals surface area (Å²) in [5.74, 6) is 1.72. The quantitative estimate of drug-likeness (QED) is 0.374. The summed E-state index contributed by atoms with van der Waals surface area (Å²) in [6.45, 7) is 18.2. The average Bonchev–Trinajstić information content (AvgIpc) is 3.29. The van der Waals surface area contributed by atoms with Crippen molar-refractivity contribution in [3.63, 3.8) is 0 Å². The summed E-state index contributed by atoms with van der Waals surface area (Å²) in [7, 11) is 0. The molecule has 0 aromatic carbocycles. The van der Waals surface area contributed by atoms with Gasteiger partial charge in [0.15, 0.2) is 0 Å². The Kier molecular flexibility index (Phi) is 6.25. The predicted octanol–water partition coefficient (Wildman–Crippen LogP) is 7.40. The van der Waals surface area contributed by atoms with Crippen molar-refractivity contribution >= 4 is 5.97 Å². The van der Waals surface area contributed by atoms with E-state index in [1.807, 2.05) is 6.08 Å². The number of carbonyl (C=O) groups is 1. The van der Waals surface area contributed by atoms with Gasteiger partial charge in [0.2, 0.25) is 0 Å². The van der Waals surface area contributed by atoms with E-state index < -0.39 is 5.97 Å². The first-order chi connectivity index (χ1) is 15.3. The van der Waals surface area contributed by atoms with Gasteiger partial charge in [-0.3, -0.25) is 4.79 Å². The van der Waals surface area contributed by atoms with Crippen molar-refractivity contribution in [1.82, 2.24) is 0 Å². The number of aliphatic hydroxyl groups is 1. The van der Waals surface area contributed by atoms with E-state index in [4.69, 9.17) is 0 Å². The topological polar surface area (TPSA) is 57.5 Å². The molecule has 4 fully saturated rings. The van der Waals surface area contributed by atoms with Gasteiger partial charge in [0.05, 0.1) is 6.10 Å². The van der Waals surface area contributed by atoms with Crippen LogP contribution in [0.1, 0.15) is 106 Å². The summed E-state index contributed by atoms with van der Waals surface area (Å²) in [4.78, 5) is 11.6. The Morgan fingerprint density at radius 3 is 2.39 bits per heavy atom. The Morgan fingerprint density at radius 1 is 1.09 bits per heavy atom. The van der Waals surface area contributed by atoms with Gasteiger partial charge >= 0.3 is 5.97 Å². The zero-order valence-corrected chi connectivity index (χ0v) is 22.0. The molecule has 0 heterocycles.